The number of carbonyl (C=O) groups is 1. The highest BCUT2D eigenvalue weighted by molar-refractivity contribution is 5.66. The number of allylic oxidation sites excluding steroid dienone is 2. The van der Waals surface area contributed by atoms with Gasteiger partial charge in [0.15, 0.2) is 0 Å². The van der Waals surface area contributed by atoms with E-state index >= 15 is 0 Å². The van der Waals surface area contributed by atoms with E-state index in [4.69, 9.17) is 14.6 Å². The van der Waals surface area contributed by atoms with E-state index in [-0.39, 0.29) is 19.2 Å². The highest BCUT2D eigenvalue weighted by atomic mass is 16.6. The van der Waals surface area contributed by atoms with Gasteiger partial charge >= 0.3 is 5.97 Å². The van der Waals surface area contributed by atoms with Crippen molar-refractivity contribution in [1.82, 2.24) is 0 Å². The van der Waals surface area contributed by atoms with Gasteiger partial charge in [0.05, 0.1) is 13.2 Å². The number of aliphatic hydroxyl groups excluding tert-OH is 1. The first-order valence-corrected chi connectivity index (χ1v) is 11.2. The highest BCUT2D eigenvalue weighted by Gasteiger charge is 2.10. The van der Waals surface area contributed by atoms with Crippen LogP contribution in [0.25, 0.3) is 0 Å². The van der Waals surface area contributed by atoms with Crippen LogP contribution in [0.15, 0.2) is 12.2 Å². The molecule has 0 spiro atoms. The molecular formula is C23H44O4. The fourth-order valence-electron chi connectivity index (χ4n) is 3.03. The van der Waals surface area contributed by atoms with Crippen LogP contribution in [0.1, 0.15) is 104 Å². The van der Waals surface area contributed by atoms with E-state index in [1.54, 1.807) is 0 Å². The molecule has 1 atom stereocenters. The van der Waals surface area contributed by atoms with Gasteiger partial charge in [0.25, 0.3) is 0 Å². The van der Waals surface area contributed by atoms with Gasteiger partial charge in [-0.1, -0.05) is 76.9 Å². The van der Waals surface area contributed by atoms with Crippen LogP contribution in [-0.2, 0) is 14.3 Å². The van der Waals surface area contributed by atoms with Crippen LogP contribution in [0.2, 0.25) is 0 Å². The Labute approximate surface area is 167 Å². The van der Waals surface area contributed by atoms with Gasteiger partial charge in [-0.2, -0.15) is 0 Å². The van der Waals surface area contributed by atoms with Crippen LogP contribution >= 0.6 is 0 Å². The molecule has 0 saturated carbocycles. The number of rotatable bonds is 20. The number of hydrogen-bond acceptors (Lipinski definition) is 4. The zero-order valence-corrected chi connectivity index (χ0v) is 17.9. The Morgan fingerprint density at radius 1 is 0.852 bits per heavy atom. The zero-order chi connectivity index (χ0) is 20.0. The summed E-state index contributed by atoms with van der Waals surface area (Å²) in [6.07, 6.45) is 22.3. The summed E-state index contributed by atoms with van der Waals surface area (Å²) >= 11 is 0. The average molecular weight is 385 g/mol. The van der Waals surface area contributed by atoms with E-state index in [1.807, 2.05) is 0 Å². The summed E-state index contributed by atoms with van der Waals surface area (Å²) in [5.74, 6) is -0.380. The number of hydrogen-bond donors (Lipinski definition) is 1. The lowest BCUT2D eigenvalue weighted by atomic mass is 10.1. The van der Waals surface area contributed by atoms with E-state index in [2.05, 4.69) is 19.1 Å². The summed E-state index contributed by atoms with van der Waals surface area (Å²) < 4.78 is 10.4. The monoisotopic (exact) mass is 384 g/mol. The molecule has 0 fully saturated rings. The first-order valence-electron chi connectivity index (χ1n) is 11.2. The summed E-state index contributed by atoms with van der Waals surface area (Å²) in [5.41, 5.74) is 0. The minimum Gasteiger partial charge on any atom is -0.458 e. The Bertz CT molecular complexity index is 341. The largest absolute Gasteiger partial charge is 0.458 e. The van der Waals surface area contributed by atoms with Crippen LogP contribution in [-0.4, -0.2) is 37.0 Å². The first kappa shape index (κ1) is 26.1. The van der Waals surface area contributed by atoms with Crippen molar-refractivity contribution in [3.63, 3.8) is 0 Å². The first-order chi connectivity index (χ1) is 13.2. The second kappa shape index (κ2) is 21.4. The second-order valence-electron chi connectivity index (χ2n) is 7.43. The quantitative estimate of drug-likeness (QED) is 0.160. The van der Waals surface area contributed by atoms with Gasteiger partial charge in [0.2, 0.25) is 0 Å². The minimum atomic E-state index is -0.531. The number of unbranched alkanes of at least 4 members (excludes halogenated alkanes) is 12. The molecule has 0 bridgehead atoms. The van der Waals surface area contributed by atoms with E-state index in [9.17, 15) is 4.79 Å². The molecule has 160 valence electrons. The molecule has 0 aromatic rings. The van der Waals surface area contributed by atoms with Crippen molar-refractivity contribution >= 4 is 5.97 Å². The van der Waals surface area contributed by atoms with Crippen molar-refractivity contribution in [3.8, 4) is 0 Å². The molecule has 0 amide bonds. The predicted octanol–water partition coefficient (Wildman–Crippen LogP) is 5.96. The van der Waals surface area contributed by atoms with E-state index in [0.29, 0.717) is 6.61 Å². The normalized spacial score (nSPS) is 12.6. The summed E-state index contributed by atoms with van der Waals surface area (Å²) in [6.45, 7) is 4.36. The van der Waals surface area contributed by atoms with Gasteiger partial charge in [-0.3, -0.25) is 4.79 Å². The molecule has 0 heterocycles. The SMILES string of the molecule is CCCCCCCCC=CCCCCCCCCOC[C@H](CO)OC(C)=O. The van der Waals surface area contributed by atoms with Crippen LogP contribution in [0.3, 0.4) is 0 Å². The Balaban J connectivity index is 3.22. The van der Waals surface area contributed by atoms with Gasteiger partial charge in [0, 0.05) is 13.5 Å². The maximum absolute atomic E-state index is 10.8. The van der Waals surface area contributed by atoms with E-state index in [1.165, 1.54) is 90.4 Å². The van der Waals surface area contributed by atoms with Gasteiger partial charge in [-0.05, 0) is 32.1 Å². The summed E-state index contributed by atoms with van der Waals surface area (Å²) in [4.78, 5) is 10.8. The van der Waals surface area contributed by atoms with Gasteiger partial charge in [-0.25, -0.2) is 0 Å². The summed E-state index contributed by atoms with van der Waals surface area (Å²) in [6, 6.07) is 0. The molecule has 0 aliphatic rings. The van der Waals surface area contributed by atoms with Crippen molar-refractivity contribution in [3.05, 3.63) is 12.2 Å². The topological polar surface area (TPSA) is 55.8 Å². The van der Waals surface area contributed by atoms with Crippen LogP contribution in [0, 0.1) is 0 Å². The molecule has 0 aromatic heterocycles. The fraction of sp³-hybridized carbons (Fsp3) is 0.870. The Hall–Kier alpha value is -0.870. The molecule has 0 unspecified atom stereocenters. The second-order valence-corrected chi connectivity index (χ2v) is 7.43. The summed E-state index contributed by atoms with van der Waals surface area (Å²) in [7, 11) is 0. The Kier molecular flexibility index (Phi) is 20.7. The number of aliphatic hydroxyl groups is 1. The Morgan fingerprint density at radius 2 is 1.37 bits per heavy atom. The van der Waals surface area contributed by atoms with Gasteiger partial charge in [-0.15, -0.1) is 0 Å². The van der Waals surface area contributed by atoms with Gasteiger partial charge < -0.3 is 14.6 Å². The molecule has 4 nitrogen and oxygen atoms in total. The maximum atomic E-state index is 10.8. The zero-order valence-electron chi connectivity index (χ0n) is 17.9. The lowest BCUT2D eigenvalue weighted by Gasteiger charge is -2.14. The minimum absolute atomic E-state index is 0.188. The van der Waals surface area contributed by atoms with Crippen molar-refractivity contribution in [1.29, 1.82) is 0 Å². The third-order valence-corrected chi connectivity index (χ3v) is 4.64. The standard InChI is InChI=1S/C23H44O4/c1-3-4-5-6-7-8-9-10-11-12-13-14-15-16-17-18-19-26-21-23(20-24)27-22(2)25/h10-11,23-24H,3-9,12-21H2,1-2H3/t23-/m0/s1. The molecular weight excluding hydrogens is 340 g/mol. The van der Waals surface area contributed by atoms with Crippen molar-refractivity contribution in [2.45, 2.75) is 110 Å². The van der Waals surface area contributed by atoms with Crippen LogP contribution in [0.4, 0.5) is 0 Å². The smallest absolute Gasteiger partial charge is 0.303 e. The molecule has 0 radical (unpaired) electrons. The Morgan fingerprint density at radius 3 is 1.89 bits per heavy atom. The molecule has 0 saturated heterocycles. The van der Waals surface area contributed by atoms with Crippen molar-refractivity contribution in [2.75, 3.05) is 19.8 Å². The molecule has 0 aliphatic carbocycles. The van der Waals surface area contributed by atoms with E-state index in [0.717, 1.165) is 6.42 Å². The van der Waals surface area contributed by atoms with E-state index < -0.39 is 6.10 Å². The molecule has 0 aliphatic heterocycles. The van der Waals surface area contributed by atoms with Crippen molar-refractivity contribution in [2.24, 2.45) is 0 Å². The molecule has 27 heavy (non-hydrogen) atoms. The molecule has 4 heteroatoms. The average Bonchev–Trinajstić information content (AvgIpc) is 2.65. The van der Waals surface area contributed by atoms with Crippen molar-refractivity contribution < 1.29 is 19.4 Å². The number of carbonyl (C=O) groups excluding carboxylic acids is 1. The lowest BCUT2D eigenvalue weighted by Crippen LogP contribution is -2.26. The van der Waals surface area contributed by atoms with Gasteiger partial charge in [0.1, 0.15) is 6.10 Å². The van der Waals surface area contributed by atoms with Crippen LogP contribution < -0.4 is 0 Å². The molecule has 0 aromatic carbocycles. The number of esters is 1. The van der Waals surface area contributed by atoms with Crippen LogP contribution in [0.5, 0.6) is 0 Å². The molecule has 1 N–H and O–H groups in total. The lowest BCUT2D eigenvalue weighted by molar-refractivity contribution is -0.152. The molecule has 0 rings (SSSR count). The summed E-state index contributed by atoms with van der Waals surface area (Å²) in [5, 5.41) is 9.06. The fourth-order valence-corrected chi connectivity index (χ4v) is 3.03. The third kappa shape index (κ3) is 21.3. The maximum Gasteiger partial charge on any atom is 0.303 e. The predicted molar refractivity (Wildman–Crippen MR) is 113 cm³/mol. The number of ether oxygens (including phenoxy) is 2. The highest BCUT2D eigenvalue weighted by Crippen LogP contribution is 2.10. The third-order valence-electron chi connectivity index (χ3n) is 4.64.